The van der Waals surface area contributed by atoms with Crippen LogP contribution in [0.4, 0.5) is 5.69 Å². The summed E-state index contributed by atoms with van der Waals surface area (Å²) in [5.74, 6) is 0.300. The Bertz CT molecular complexity index is 1140. The van der Waals surface area contributed by atoms with Gasteiger partial charge in [-0.25, -0.2) is 8.42 Å². The van der Waals surface area contributed by atoms with Crippen molar-refractivity contribution in [3.8, 4) is 0 Å². The predicted molar refractivity (Wildman–Crippen MR) is 110 cm³/mol. The van der Waals surface area contributed by atoms with E-state index < -0.39 is 14.8 Å². The van der Waals surface area contributed by atoms with E-state index >= 15 is 0 Å². The van der Waals surface area contributed by atoms with Crippen LogP contribution in [0.3, 0.4) is 0 Å². The van der Waals surface area contributed by atoms with Gasteiger partial charge in [-0.2, -0.15) is 0 Å². The molecule has 0 radical (unpaired) electrons. The standard InChI is InChI=1S/C20H21N5O4S/c26-25(27)17-10-8-16(9-11-17)14-30(28,29)20-23-22-19(18-7-4-12-21-18)24(20)13-15-5-2-1-3-6-15/h1-3,5-6,8-11,18,21H,4,7,12-14H2. The molecule has 1 unspecified atom stereocenters. The fourth-order valence-corrected chi connectivity index (χ4v) is 5.02. The third-order valence-corrected chi connectivity index (χ3v) is 6.65. The molecule has 1 saturated heterocycles. The lowest BCUT2D eigenvalue weighted by atomic mass is 10.2. The minimum Gasteiger partial charge on any atom is -0.307 e. The van der Waals surface area contributed by atoms with Crippen molar-refractivity contribution in [2.24, 2.45) is 0 Å². The van der Waals surface area contributed by atoms with E-state index in [1.54, 1.807) is 4.57 Å². The summed E-state index contributed by atoms with van der Waals surface area (Å²) in [7, 11) is -3.81. The minimum absolute atomic E-state index is 0.0375. The van der Waals surface area contributed by atoms with Crippen LogP contribution in [0.1, 0.15) is 35.8 Å². The molecule has 1 aromatic heterocycles. The number of sulfone groups is 1. The Hall–Kier alpha value is -3.11. The van der Waals surface area contributed by atoms with Gasteiger partial charge in [-0.15, -0.1) is 10.2 Å². The van der Waals surface area contributed by atoms with E-state index in [2.05, 4.69) is 15.5 Å². The Labute approximate surface area is 173 Å². The zero-order valence-electron chi connectivity index (χ0n) is 16.1. The number of rotatable bonds is 7. The summed E-state index contributed by atoms with van der Waals surface area (Å²) in [5, 5.41) is 22.4. The lowest BCUT2D eigenvalue weighted by Crippen LogP contribution is -2.21. The zero-order chi connectivity index (χ0) is 21.1. The number of nitro groups is 1. The van der Waals surface area contributed by atoms with Crippen molar-refractivity contribution in [1.82, 2.24) is 20.1 Å². The van der Waals surface area contributed by atoms with Crippen LogP contribution in [-0.4, -0.2) is 34.7 Å². The van der Waals surface area contributed by atoms with Crippen LogP contribution < -0.4 is 5.32 Å². The molecule has 0 saturated carbocycles. The van der Waals surface area contributed by atoms with Gasteiger partial charge in [0.05, 0.1) is 23.3 Å². The van der Waals surface area contributed by atoms with E-state index in [0.717, 1.165) is 24.9 Å². The molecular weight excluding hydrogens is 406 g/mol. The van der Waals surface area contributed by atoms with Gasteiger partial charge in [0.15, 0.2) is 5.82 Å². The second kappa shape index (κ2) is 8.33. The van der Waals surface area contributed by atoms with Gasteiger partial charge < -0.3 is 5.32 Å². The highest BCUT2D eigenvalue weighted by Crippen LogP contribution is 2.26. The molecule has 10 heteroatoms. The lowest BCUT2D eigenvalue weighted by molar-refractivity contribution is -0.384. The summed E-state index contributed by atoms with van der Waals surface area (Å²) in [6, 6.07) is 15.0. The summed E-state index contributed by atoms with van der Waals surface area (Å²) < 4.78 is 28.0. The minimum atomic E-state index is -3.81. The molecule has 1 atom stereocenters. The van der Waals surface area contributed by atoms with Crippen LogP contribution in [0.15, 0.2) is 59.8 Å². The van der Waals surface area contributed by atoms with Gasteiger partial charge in [0.2, 0.25) is 15.0 Å². The molecule has 0 bridgehead atoms. The van der Waals surface area contributed by atoms with Gasteiger partial charge in [-0.3, -0.25) is 14.7 Å². The Balaban J connectivity index is 1.68. The highest BCUT2D eigenvalue weighted by Gasteiger charge is 2.30. The summed E-state index contributed by atoms with van der Waals surface area (Å²) >= 11 is 0. The number of nitrogens with one attached hydrogen (secondary N) is 1. The number of benzene rings is 2. The highest BCUT2D eigenvalue weighted by molar-refractivity contribution is 7.90. The molecule has 1 N–H and O–H groups in total. The van der Waals surface area contributed by atoms with Gasteiger partial charge >= 0.3 is 0 Å². The van der Waals surface area contributed by atoms with E-state index in [1.165, 1.54) is 24.3 Å². The van der Waals surface area contributed by atoms with Crippen molar-refractivity contribution in [3.05, 3.63) is 81.7 Å². The van der Waals surface area contributed by atoms with E-state index in [9.17, 15) is 18.5 Å². The highest BCUT2D eigenvalue weighted by atomic mass is 32.2. The van der Waals surface area contributed by atoms with Gasteiger partial charge in [0.1, 0.15) is 0 Å². The van der Waals surface area contributed by atoms with Crippen LogP contribution in [0, 0.1) is 10.1 Å². The fourth-order valence-electron chi connectivity index (χ4n) is 3.61. The smallest absolute Gasteiger partial charge is 0.269 e. The normalized spacial score (nSPS) is 16.6. The summed E-state index contributed by atoms with van der Waals surface area (Å²) in [6.07, 6.45) is 1.86. The maximum atomic E-state index is 13.2. The van der Waals surface area contributed by atoms with Crippen LogP contribution in [0.2, 0.25) is 0 Å². The van der Waals surface area contributed by atoms with Crippen LogP contribution in [0.25, 0.3) is 0 Å². The molecule has 3 aromatic rings. The number of hydrogen-bond acceptors (Lipinski definition) is 7. The third-order valence-electron chi connectivity index (χ3n) is 5.08. The third kappa shape index (κ3) is 4.24. The second-order valence-electron chi connectivity index (χ2n) is 7.24. The monoisotopic (exact) mass is 427 g/mol. The van der Waals surface area contributed by atoms with Crippen molar-refractivity contribution in [1.29, 1.82) is 0 Å². The molecule has 2 aromatic carbocycles. The van der Waals surface area contributed by atoms with E-state index in [1.807, 2.05) is 30.3 Å². The summed E-state index contributed by atoms with van der Waals surface area (Å²) in [6.45, 7) is 1.20. The van der Waals surface area contributed by atoms with Gasteiger partial charge in [0, 0.05) is 12.1 Å². The molecule has 0 aliphatic carbocycles. The van der Waals surface area contributed by atoms with Crippen molar-refractivity contribution >= 4 is 15.5 Å². The van der Waals surface area contributed by atoms with E-state index in [4.69, 9.17) is 0 Å². The molecule has 0 spiro atoms. The molecule has 4 rings (SSSR count). The molecule has 2 heterocycles. The first-order chi connectivity index (χ1) is 14.4. The second-order valence-corrected chi connectivity index (χ2v) is 9.13. The molecule has 0 amide bonds. The molecule has 9 nitrogen and oxygen atoms in total. The predicted octanol–water partition coefficient (Wildman–Crippen LogP) is 2.63. The Kier molecular flexibility index (Phi) is 5.60. The summed E-state index contributed by atoms with van der Waals surface area (Å²) in [4.78, 5) is 10.3. The van der Waals surface area contributed by atoms with Gasteiger partial charge in [0.25, 0.3) is 5.69 Å². The van der Waals surface area contributed by atoms with Crippen LogP contribution in [0.5, 0.6) is 0 Å². The largest absolute Gasteiger partial charge is 0.307 e. The maximum Gasteiger partial charge on any atom is 0.269 e. The van der Waals surface area contributed by atoms with Crippen molar-refractivity contribution in [3.63, 3.8) is 0 Å². The first-order valence-electron chi connectivity index (χ1n) is 9.60. The fraction of sp³-hybridized carbons (Fsp3) is 0.300. The topological polar surface area (TPSA) is 120 Å². The molecule has 1 aliphatic rings. The van der Waals surface area contributed by atoms with Crippen molar-refractivity contribution in [2.45, 2.75) is 36.3 Å². The average molecular weight is 427 g/mol. The Morgan fingerprint density at radius 2 is 1.80 bits per heavy atom. The number of nitro benzene ring substituents is 1. The van der Waals surface area contributed by atoms with Crippen LogP contribution in [-0.2, 0) is 22.1 Å². The average Bonchev–Trinajstić information content (AvgIpc) is 3.39. The molecular formula is C20H21N5O4S. The first-order valence-corrected chi connectivity index (χ1v) is 11.3. The van der Waals surface area contributed by atoms with Crippen LogP contribution >= 0.6 is 0 Å². The number of non-ortho nitro benzene ring substituents is 1. The molecule has 30 heavy (non-hydrogen) atoms. The van der Waals surface area contributed by atoms with Crippen molar-refractivity contribution < 1.29 is 13.3 Å². The number of hydrogen-bond donors (Lipinski definition) is 1. The summed E-state index contributed by atoms with van der Waals surface area (Å²) in [5.41, 5.74) is 1.32. The van der Waals surface area contributed by atoms with Crippen molar-refractivity contribution in [2.75, 3.05) is 6.54 Å². The molecule has 1 aliphatic heterocycles. The zero-order valence-corrected chi connectivity index (χ0v) is 17.0. The Morgan fingerprint density at radius 3 is 2.43 bits per heavy atom. The van der Waals surface area contributed by atoms with Gasteiger partial charge in [-0.1, -0.05) is 42.5 Å². The van der Waals surface area contributed by atoms with E-state index in [0.29, 0.717) is 17.9 Å². The van der Waals surface area contributed by atoms with E-state index in [-0.39, 0.29) is 22.6 Å². The molecule has 1 fully saturated rings. The SMILES string of the molecule is O=[N+]([O-])c1ccc(CS(=O)(=O)c2nnc(C3CCCN3)n2Cc2ccccc2)cc1. The van der Waals surface area contributed by atoms with Gasteiger partial charge in [-0.05, 0) is 30.5 Å². The lowest BCUT2D eigenvalue weighted by Gasteiger charge is -2.14. The maximum absolute atomic E-state index is 13.2. The Morgan fingerprint density at radius 1 is 1.07 bits per heavy atom. The molecule has 156 valence electrons. The quantitative estimate of drug-likeness (QED) is 0.454. The number of aromatic nitrogens is 3. The first kappa shape index (κ1) is 20.2. The number of nitrogens with zero attached hydrogens (tertiary/aromatic N) is 4.